The van der Waals surface area contributed by atoms with Crippen molar-refractivity contribution in [1.82, 2.24) is 19.9 Å². The number of nitrogens with one attached hydrogen (secondary N) is 1. The molecule has 0 saturated carbocycles. The highest BCUT2D eigenvalue weighted by Crippen LogP contribution is 2.43. The predicted molar refractivity (Wildman–Crippen MR) is 167 cm³/mol. The normalized spacial score (nSPS) is 11.8. The predicted octanol–water partition coefficient (Wildman–Crippen LogP) is 7.54. The molecule has 12 heteroatoms. The van der Waals surface area contributed by atoms with E-state index in [0.717, 1.165) is 10.4 Å². The monoisotopic (exact) mass is 673 g/mol. The van der Waals surface area contributed by atoms with Crippen molar-refractivity contribution in [2.45, 2.75) is 19.1 Å². The zero-order valence-corrected chi connectivity index (χ0v) is 25.1. The molecule has 0 aliphatic carbocycles. The number of aromatic nitrogens is 4. The number of aliphatic carboxylic acids is 1. The summed E-state index contributed by atoms with van der Waals surface area (Å²) in [5, 5.41) is 13.9. The van der Waals surface area contributed by atoms with Crippen LogP contribution >= 0.6 is 27.3 Å². The number of hydrogen-bond donors (Lipinski definition) is 2. The molecule has 44 heavy (non-hydrogen) atoms. The number of ether oxygens (including phenoxy) is 1. The lowest BCUT2D eigenvalue weighted by molar-refractivity contribution is -0.137. The first-order valence-electron chi connectivity index (χ1n) is 13.3. The van der Waals surface area contributed by atoms with Crippen LogP contribution in [0.4, 0.5) is 14.6 Å². The van der Waals surface area contributed by atoms with Crippen LogP contribution in [0.3, 0.4) is 0 Å². The summed E-state index contributed by atoms with van der Waals surface area (Å²) < 4.78 is 34.5. The van der Waals surface area contributed by atoms with E-state index in [0.29, 0.717) is 37.5 Å². The van der Waals surface area contributed by atoms with Gasteiger partial charge in [0.1, 0.15) is 47.0 Å². The molecule has 2 N–H and O–H groups in total. The molecule has 0 radical (unpaired) electrons. The molecule has 3 aromatic carbocycles. The summed E-state index contributed by atoms with van der Waals surface area (Å²) in [7, 11) is 0. The average molecular weight is 675 g/mol. The van der Waals surface area contributed by atoms with Crippen molar-refractivity contribution < 1.29 is 23.4 Å². The van der Waals surface area contributed by atoms with Crippen LogP contribution in [0, 0.1) is 11.6 Å². The second-order valence-electron chi connectivity index (χ2n) is 9.64. The summed E-state index contributed by atoms with van der Waals surface area (Å²) in [6.45, 7) is 0.0622. The Bertz CT molecular complexity index is 1970. The average Bonchev–Trinajstić information content (AvgIpc) is 3.38. The Morgan fingerprint density at radius 3 is 2.55 bits per heavy atom. The highest BCUT2D eigenvalue weighted by Gasteiger charge is 2.24. The number of nitrogens with zero attached hydrogens (tertiary/aromatic N) is 4. The van der Waals surface area contributed by atoms with Crippen molar-refractivity contribution >= 4 is 49.3 Å². The van der Waals surface area contributed by atoms with E-state index in [-0.39, 0.29) is 30.2 Å². The molecule has 0 unspecified atom stereocenters. The number of carbonyl (C=O) groups is 1. The number of thiophene rings is 1. The minimum atomic E-state index is -1.08. The second kappa shape index (κ2) is 12.8. The molecule has 0 aliphatic heterocycles. The number of para-hydroxylation sites is 1. The fraction of sp³-hybridized carbons (Fsp3) is 0.0938. The molecule has 220 valence electrons. The molecule has 0 saturated heterocycles. The van der Waals surface area contributed by atoms with Crippen molar-refractivity contribution in [2.75, 3.05) is 5.32 Å². The van der Waals surface area contributed by atoms with Gasteiger partial charge in [0.05, 0.1) is 21.5 Å². The lowest BCUT2D eigenvalue weighted by atomic mass is 10.0. The zero-order chi connectivity index (χ0) is 30.6. The number of anilines is 1. The van der Waals surface area contributed by atoms with E-state index in [1.807, 2.05) is 0 Å². The Morgan fingerprint density at radius 1 is 0.977 bits per heavy atom. The lowest BCUT2D eigenvalue weighted by Crippen LogP contribution is -2.32. The van der Waals surface area contributed by atoms with Crippen LogP contribution in [-0.2, 0) is 17.8 Å². The summed E-state index contributed by atoms with van der Waals surface area (Å²) in [6, 6.07) is 20.1. The third kappa shape index (κ3) is 6.26. The quantitative estimate of drug-likeness (QED) is 0.153. The first-order valence-corrected chi connectivity index (χ1v) is 14.9. The van der Waals surface area contributed by atoms with Crippen molar-refractivity contribution in [3.63, 3.8) is 0 Å². The molecule has 3 aromatic heterocycles. The fourth-order valence-electron chi connectivity index (χ4n) is 4.59. The second-order valence-corrected chi connectivity index (χ2v) is 11.4. The number of hydrogen-bond acceptors (Lipinski definition) is 8. The number of benzene rings is 3. The van der Waals surface area contributed by atoms with Crippen molar-refractivity contribution in [1.29, 1.82) is 0 Å². The first-order chi connectivity index (χ1) is 21.4. The molecule has 1 atom stereocenters. The standard InChI is InChI=1S/C32H22BrF2N5O3S/c33-27-26-30(37-17-38-31(26)44-28(27)18-9-11-20(34)12-10-18)40-24(32(41)42)15-19-5-1-4-8-25(19)43-16-21-13-14-36-29(39-21)22-6-2-3-7-23(22)35/h1-14,17,24H,15-16H2,(H,41,42)(H,37,38,40)/t24-/m1/s1. The molecule has 0 bridgehead atoms. The number of rotatable bonds is 10. The molecule has 6 rings (SSSR count). The van der Waals surface area contributed by atoms with Gasteiger partial charge in [0.25, 0.3) is 0 Å². The van der Waals surface area contributed by atoms with Crippen molar-refractivity contribution in [3.8, 4) is 27.6 Å². The molecule has 3 heterocycles. The molecule has 0 aliphatic rings. The highest BCUT2D eigenvalue weighted by atomic mass is 79.9. The van der Waals surface area contributed by atoms with E-state index in [1.54, 1.807) is 60.7 Å². The van der Waals surface area contributed by atoms with Gasteiger partial charge >= 0.3 is 5.97 Å². The summed E-state index contributed by atoms with van der Waals surface area (Å²) >= 11 is 5.01. The summed E-state index contributed by atoms with van der Waals surface area (Å²) in [6.07, 6.45) is 2.99. The van der Waals surface area contributed by atoms with Crippen LogP contribution in [0.1, 0.15) is 11.3 Å². The maximum absolute atomic E-state index is 14.3. The lowest BCUT2D eigenvalue weighted by Gasteiger charge is -2.18. The van der Waals surface area contributed by atoms with E-state index in [9.17, 15) is 18.7 Å². The molecule has 0 amide bonds. The van der Waals surface area contributed by atoms with E-state index in [2.05, 4.69) is 41.2 Å². The van der Waals surface area contributed by atoms with Gasteiger partial charge in [0, 0.05) is 17.1 Å². The molecule has 6 aromatic rings. The smallest absolute Gasteiger partial charge is 0.326 e. The largest absolute Gasteiger partial charge is 0.487 e. The van der Waals surface area contributed by atoms with E-state index < -0.39 is 17.8 Å². The van der Waals surface area contributed by atoms with Crippen LogP contribution in [0.15, 0.2) is 95.9 Å². The first kappa shape index (κ1) is 29.3. The maximum Gasteiger partial charge on any atom is 0.326 e. The van der Waals surface area contributed by atoms with E-state index in [4.69, 9.17) is 4.74 Å². The van der Waals surface area contributed by atoms with Gasteiger partial charge in [-0.05, 0) is 63.5 Å². The third-order valence-corrected chi connectivity index (χ3v) is 8.95. The Balaban J connectivity index is 1.23. The minimum Gasteiger partial charge on any atom is -0.487 e. The van der Waals surface area contributed by atoms with Gasteiger partial charge in [-0.1, -0.05) is 42.5 Å². The highest BCUT2D eigenvalue weighted by molar-refractivity contribution is 9.10. The van der Waals surface area contributed by atoms with Crippen molar-refractivity contribution in [2.24, 2.45) is 0 Å². The zero-order valence-electron chi connectivity index (χ0n) is 22.7. The SMILES string of the molecule is O=C(O)[C@@H](Cc1ccccc1OCc1ccnc(-c2ccccc2F)n1)Nc1ncnc2sc(-c3ccc(F)cc3)c(Br)c12. The number of carboxylic acids is 1. The van der Waals surface area contributed by atoms with Gasteiger partial charge in [-0.15, -0.1) is 11.3 Å². The van der Waals surface area contributed by atoms with Crippen LogP contribution in [-0.4, -0.2) is 37.1 Å². The summed E-state index contributed by atoms with van der Waals surface area (Å²) in [4.78, 5) is 31.2. The third-order valence-electron chi connectivity index (χ3n) is 6.75. The minimum absolute atomic E-state index is 0.0622. The summed E-state index contributed by atoms with van der Waals surface area (Å²) in [5.41, 5.74) is 2.25. The Morgan fingerprint density at radius 2 is 1.75 bits per heavy atom. The Kier molecular flexibility index (Phi) is 8.53. The fourth-order valence-corrected chi connectivity index (χ4v) is 6.61. The van der Waals surface area contributed by atoms with Gasteiger partial charge in [0.2, 0.25) is 0 Å². The molecular weight excluding hydrogens is 652 g/mol. The van der Waals surface area contributed by atoms with E-state index >= 15 is 0 Å². The Hall–Kier alpha value is -4.81. The number of carboxylic acid groups (broad SMARTS) is 1. The molecule has 0 spiro atoms. The van der Waals surface area contributed by atoms with Gasteiger partial charge in [-0.25, -0.2) is 33.5 Å². The number of halogens is 3. The summed E-state index contributed by atoms with van der Waals surface area (Å²) in [5.74, 6) is -0.780. The van der Waals surface area contributed by atoms with Gasteiger partial charge < -0.3 is 15.2 Å². The van der Waals surface area contributed by atoms with Gasteiger partial charge in [-0.3, -0.25) is 0 Å². The van der Waals surface area contributed by atoms with Gasteiger partial charge in [-0.2, -0.15) is 0 Å². The Labute approximate surface area is 262 Å². The van der Waals surface area contributed by atoms with Crippen molar-refractivity contribution in [3.05, 3.63) is 119 Å². The molecule has 8 nitrogen and oxygen atoms in total. The molecule has 0 fully saturated rings. The topological polar surface area (TPSA) is 110 Å². The molecular formula is C32H22BrF2N5O3S. The van der Waals surface area contributed by atoms with Crippen LogP contribution in [0.25, 0.3) is 32.0 Å². The maximum atomic E-state index is 14.3. The van der Waals surface area contributed by atoms with E-state index in [1.165, 1.54) is 42.1 Å². The van der Waals surface area contributed by atoms with Gasteiger partial charge in [0.15, 0.2) is 5.82 Å². The number of fused-ring (bicyclic) bond motifs is 1. The van der Waals surface area contributed by atoms with Crippen LogP contribution in [0.2, 0.25) is 0 Å². The van der Waals surface area contributed by atoms with Crippen LogP contribution < -0.4 is 10.1 Å². The van der Waals surface area contributed by atoms with Crippen LogP contribution in [0.5, 0.6) is 5.75 Å².